The van der Waals surface area contributed by atoms with Gasteiger partial charge in [-0.2, -0.15) is 0 Å². The van der Waals surface area contributed by atoms with Crippen LogP contribution in [0, 0.1) is 0 Å². The van der Waals surface area contributed by atoms with Crippen LogP contribution in [0.5, 0.6) is 0 Å². The molecule has 110 valence electrons. The fraction of sp³-hybridized carbons (Fsp3) is 0.0556. The van der Waals surface area contributed by atoms with E-state index in [4.69, 9.17) is 15.6 Å². The molecule has 2 N–H and O–H groups in total. The van der Waals surface area contributed by atoms with Crippen LogP contribution in [0.3, 0.4) is 0 Å². The van der Waals surface area contributed by atoms with Gasteiger partial charge in [-0.3, -0.25) is 0 Å². The summed E-state index contributed by atoms with van der Waals surface area (Å²) in [4.78, 5) is 8.89. The second-order valence-electron chi connectivity index (χ2n) is 4.24. The van der Waals surface area contributed by atoms with Crippen LogP contribution in [0.25, 0.3) is 6.08 Å². The maximum absolute atomic E-state index is 8.89. The average Bonchev–Trinajstić information content (AvgIpc) is 2.49. The van der Waals surface area contributed by atoms with Crippen molar-refractivity contribution in [3.8, 4) is 0 Å². The van der Waals surface area contributed by atoms with Crippen LogP contribution >= 0.6 is 0 Å². The van der Waals surface area contributed by atoms with E-state index in [9.17, 15) is 0 Å². The van der Waals surface area contributed by atoms with E-state index in [1.165, 1.54) is 8.64 Å². The van der Waals surface area contributed by atoms with Crippen molar-refractivity contribution in [1.29, 1.82) is 0 Å². The number of carbonyl (C=O) groups is 1. The zero-order chi connectivity index (χ0) is 16.8. The Labute approximate surface area is 148 Å². The summed E-state index contributed by atoms with van der Waals surface area (Å²) in [5, 5.41) is 8.89. The molecule has 0 saturated heterocycles. The zero-order valence-corrected chi connectivity index (χ0v) is 18.2. The normalized spacial score (nSPS) is 9.05. The summed E-state index contributed by atoms with van der Waals surface area (Å²) in [6.45, 7) is 4.56. The molecule has 0 aliphatic rings. The molecule has 3 nitrogen and oxygen atoms in total. The van der Waals surface area contributed by atoms with Gasteiger partial charge in [-0.1, -0.05) is 55.1 Å². The van der Waals surface area contributed by atoms with Gasteiger partial charge in [-0.15, -0.1) is 0 Å². The Morgan fingerprint density at radius 1 is 1.14 bits per heavy atom. The van der Waals surface area contributed by atoms with Gasteiger partial charge in [0.25, 0.3) is 0 Å². The summed E-state index contributed by atoms with van der Waals surface area (Å²) < 4.78 is 1.44. The molecule has 0 atom stereocenters. The number of allylic oxidation sites excluding steroid dienone is 2. The van der Waals surface area contributed by atoms with Gasteiger partial charge in [0.15, 0.2) is 0 Å². The Bertz CT molecular complexity index is 553. The molecule has 22 heavy (non-hydrogen) atoms. The molecule has 0 aromatic heterocycles. The van der Waals surface area contributed by atoms with Crippen molar-refractivity contribution in [3.05, 3.63) is 78.9 Å². The van der Waals surface area contributed by atoms with Crippen molar-refractivity contribution in [1.82, 2.24) is 0 Å². The van der Waals surface area contributed by atoms with Crippen LogP contribution in [-0.4, -0.2) is 5.97 Å². The fourth-order valence-corrected chi connectivity index (χ4v) is 2.18. The Morgan fingerprint density at radius 3 is 2.05 bits per heavy atom. The second kappa shape index (κ2) is 12.8. The Kier molecular flexibility index (Phi) is 11.7. The topological polar surface area (TPSA) is 66.1 Å². The number of aliphatic carboxylic acids is 1. The third-order valence-corrected chi connectivity index (χ3v) is 4.04. The molecule has 2 aromatic carbocycles. The number of benzene rings is 2. The van der Waals surface area contributed by atoms with Crippen LogP contribution in [0.2, 0.25) is 0 Å². The SMILES string of the molecule is C=CC=Cc1ccccc1.CC(=O)[O-].Nc1cc[c]([Hg+])cc1. The molecular weight excluding hydrogens is 463 g/mol. The van der Waals surface area contributed by atoms with Gasteiger partial charge in [0.1, 0.15) is 0 Å². The van der Waals surface area contributed by atoms with Crippen molar-refractivity contribution in [3.63, 3.8) is 0 Å². The molecule has 0 fully saturated rings. The summed E-state index contributed by atoms with van der Waals surface area (Å²) in [5.41, 5.74) is 7.52. The Morgan fingerprint density at radius 2 is 1.64 bits per heavy atom. The summed E-state index contributed by atoms with van der Waals surface area (Å²) >= 11 is 0.746. The van der Waals surface area contributed by atoms with E-state index in [1.54, 1.807) is 6.08 Å². The van der Waals surface area contributed by atoms with Crippen LogP contribution in [0.4, 0.5) is 5.69 Å². The Balaban J connectivity index is 0.000000330. The number of nitrogens with two attached hydrogens (primary N) is 1. The molecule has 4 heteroatoms. The van der Waals surface area contributed by atoms with Gasteiger partial charge in [0, 0.05) is 5.97 Å². The summed E-state index contributed by atoms with van der Waals surface area (Å²) in [5.74, 6) is -1.08. The van der Waals surface area contributed by atoms with Gasteiger partial charge in [0.2, 0.25) is 0 Å². The van der Waals surface area contributed by atoms with Crippen LogP contribution in [0.15, 0.2) is 73.3 Å². The van der Waals surface area contributed by atoms with Gasteiger partial charge >= 0.3 is 64.9 Å². The quantitative estimate of drug-likeness (QED) is 0.406. The van der Waals surface area contributed by atoms with Gasteiger partial charge in [0.05, 0.1) is 0 Å². The standard InChI is InChI=1S/C10H10.C6H6N.C2H4O2.Hg/c1-2-3-7-10-8-5-4-6-9-10;7-6-4-2-1-3-5-6;1-2(3)4;/h2-9H,1H2;2-5H,7H2;1H3,(H,3,4);/q;;;+1/p-1. The molecule has 0 heterocycles. The number of hydrogen-bond acceptors (Lipinski definition) is 3. The van der Waals surface area contributed by atoms with Crippen molar-refractivity contribution in [2.45, 2.75) is 6.92 Å². The van der Waals surface area contributed by atoms with Gasteiger partial charge < -0.3 is 9.90 Å². The number of carboxylic acid groups (broad SMARTS) is 1. The summed E-state index contributed by atoms with van der Waals surface area (Å²) in [6, 6.07) is 18.2. The fourth-order valence-electron chi connectivity index (χ4n) is 1.26. The predicted octanol–water partition coefficient (Wildman–Crippen LogP) is 2.08. The predicted molar refractivity (Wildman–Crippen MR) is 86.8 cm³/mol. The first-order chi connectivity index (χ1) is 10.5. The van der Waals surface area contributed by atoms with Crippen molar-refractivity contribution in [2.24, 2.45) is 0 Å². The molecule has 2 aromatic rings. The number of hydrogen-bond donors (Lipinski definition) is 1. The molecule has 0 saturated carbocycles. The first-order valence-electron chi connectivity index (χ1n) is 6.65. The average molecular weight is 482 g/mol. The van der Waals surface area contributed by atoms with E-state index in [-0.39, 0.29) is 0 Å². The van der Waals surface area contributed by atoms with Crippen LogP contribution in [-0.2, 0) is 30.9 Å². The molecule has 0 amide bonds. The minimum atomic E-state index is -1.08. The molecule has 0 spiro atoms. The maximum atomic E-state index is 8.89. The summed E-state index contributed by atoms with van der Waals surface area (Å²) in [7, 11) is 0. The third-order valence-electron chi connectivity index (χ3n) is 2.20. The van der Waals surface area contributed by atoms with Gasteiger partial charge in [-0.25, -0.2) is 0 Å². The van der Waals surface area contributed by atoms with Crippen molar-refractivity contribution < 1.29 is 36.0 Å². The first-order valence-corrected chi connectivity index (χ1v) is 9.39. The van der Waals surface area contributed by atoms with E-state index in [0.29, 0.717) is 0 Å². The van der Waals surface area contributed by atoms with Gasteiger partial charge in [-0.05, 0) is 12.5 Å². The van der Waals surface area contributed by atoms with Crippen molar-refractivity contribution in [2.75, 3.05) is 5.73 Å². The van der Waals surface area contributed by atoms with Crippen LogP contribution in [0.1, 0.15) is 12.5 Å². The van der Waals surface area contributed by atoms with Crippen LogP contribution < -0.4 is 13.9 Å². The molecule has 0 unspecified atom stereocenters. The number of carbonyl (C=O) groups excluding carboxylic acids is 1. The van der Waals surface area contributed by atoms with E-state index >= 15 is 0 Å². The molecule has 0 aliphatic carbocycles. The van der Waals surface area contributed by atoms with E-state index in [2.05, 4.69) is 30.8 Å². The number of carboxylic acids is 1. The monoisotopic (exact) mass is 483 g/mol. The molecule has 2 rings (SSSR count). The van der Waals surface area contributed by atoms with Crippen molar-refractivity contribution >= 4 is 20.8 Å². The third kappa shape index (κ3) is 13.1. The molecule has 0 bridgehead atoms. The molecule has 0 aliphatic heterocycles. The molecule has 0 radical (unpaired) electrons. The number of anilines is 1. The summed E-state index contributed by atoms with van der Waals surface area (Å²) in [6.07, 6.45) is 5.72. The van der Waals surface area contributed by atoms with E-state index < -0.39 is 5.97 Å². The molecular formula is C18H19HgNO2. The zero-order valence-electron chi connectivity index (χ0n) is 12.7. The second-order valence-corrected chi connectivity index (χ2v) is 7.41. The minimum absolute atomic E-state index is 0.746. The first kappa shape index (κ1) is 20.1. The van der Waals surface area contributed by atoms with E-state index in [1.807, 2.05) is 42.5 Å². The number of rotatable bonds is 2. The Hall–Kier alpha value is -1.87. The van der Waals surface area contributed by atoms with E-state index in [0.717, 1.165) is 38.7 Å². The number of nitrogen functional groups attached to an aromatic ring is 1.